The molecule has 0 aliphatic rings. The Labute approximate surface area is 125 Å². The molecular formula is C13H12N4O2S2. The maximum Gasteiger partial charge on any atom is 0.203 e. The summed E-state index contributed by atoms with van der Waals surface area (Å²) in [6.45, 7) is 0. The summed E-state index contributed by atoms with van der Waals surface area (Å²) in [4.78, 5) is 3.11. The van der Waals surface area contributed by atoms with E-state index >= 15 is 0 Å². The monoisotopic (exact) mass is 320 g/mol. The van der Waals surface area contributed by atoms with Crippen molar-refractivity contribution in [2.24, 2.45) is 0 Å². The summed E-state index contributed by atoms with van der Waals surface area (Å²) in [5.74, 6) is -0.209. The van der Waals surface area contributed by atoms with Crippen LogP contribution in [0.1, 0.15) is 5.01 Å². The Kier molecular flexibility index (Phi) is 3.48. The van der Waals surface area contributed by atoms with Crippen LogP contribution in [0, 0.1) is 0 Å². The van der Waals surface area contributed by atoms with Crippen LogP contribution in [0.2, 0.25) is 0 Å². The molecule has 2 heterocycles. The molecule has 8 heteroatoms. The minimum absolute atomic E-state index is 0.209. The van der Waals surface area contributed by atoms with E-state index in [-0.39, 0.29) is 15.8 Å². The zero-order valence-corrected chi connectivity index (χ0v) is 12.5. The SMILES string of the molecule is Nc1nnc(CS(=O)(=O)c2c[nH]cc2-c2ccccc2)s1. The van der Waals surface area contributed by atoms with E-state index in [0.717, 1.165) is 16.9 Å². The first-order valence-corrected chi connectivity index (χ1v) is 8.56. The van der Waals surface area contributed by atoms with Gasteiger partial charge in [-0.1, -0.05) is 41.7 Å². The van der Waals surface area contributed by atoms with E-state index in [9.17, 15) is 8.42 Å². The molecule has 0 radical (unpaired) electrons. The van der Waals surface area contributed by atoms with Gasteiger partial charge in [0.2, 0.25) is 5.13 Å². The number of rotatable bonds is 4. The number of benzene rings is 1. The van der Waals surface area contributed by atoms with Crippen LogP contribution in [0.3, 0.4) is 0 Å². The minimum atomic E-state index is -3.51. The number of nitrogen functional groups attached to an aromatic ring is 1. The average Bonchev–Trinajstić information content (AvgIpc) is 3.09. The fraction of sp³-hybridized carbons (Fsp3) is 0.0769. The van der Waals surface area contributed by atoms with Gasteiger partial charge in [0.1, 0.15) is 10.8 Å². The Morgan fingerprint density at radius 1 is 1.14 bits per heavy atom. The van der Waals surface area contributed by atoms with Crippen molar-refractivity contribution in [3.8, 4) is 11.1 Å². The van der Waals surface area contributed by atoms with Crippen LogP contribution in [-0.4, -0.2) is 23.6 Å². The number of H-pyrrole nitrogens is 1. The van der Waals surface area contributed by atoms with Crippen LogP contribution in [-0.2, 0) is 15.6 Å². The topological polar surface area (TPSA) is 102 Å². The van der Waals surface area contributed by atoms with Crippen molar-refractivity contribution in [2.45, 2.75) is 10.6 Å². The summed E-state index contributed by atoms with van der Waals surface area (Å²) < 4.78 is 25.1. The molecule has 0 amide bonds. The van der Waals surface area contributed by atoms with E-state index in [1.807, 2.05) is 30.3 Å². The van der Waals surface area contributed by atoms with Gasteiger partial charge in [-0.2, -0.15) is 0 Å². The highest BCUT2D eigenvalue weighted by Gasteiger charge is 2.23. The van der Waals surface area contributed by atoms with E-state index in [2.05, 4.69) is 15.2 Å². The third-order valence-corrected chi connectivity index (χ3v) is 5.52. The molecule has 0 aliphatic carbocycles. The fourth-order valence-electron chi connectivity index (χ4n) is 2.02. The van der Waals surface area contributed by atoms with Gasteiger partial charge in [-0.3, -0.25) is 0 Å². The Bertz CT molecular complexity index is 853. The third kappa shape index (κ3) is 2.81. The zero-order valence-electron chi connectivity index (χ0n) is 10.9. The number of nitrogens with zero attached hydrogens (tertiary/aromatic N) is 2. The van der Waals surface area contributed by atoms with E-state index in [1.54, 1.807) is 6.20 Å². The van der Waals surface area contributed by atoms with Crippen molar-refractivity contribution in [3.63, 3.8) is 0 Å². The number of hydrogen-bond acceptors (Lipinski definition) is 6. The lowest BCUT2D eigenvalue weighted by Gasteiger charge is -2.04. The largest absolute Gasteiger partial charge is 0.374 e. The highest BCUT2D eigenvalue weighted by molar-refractivity contribution is 7.91. The molecule has 3 rings (SSSR count). The Morgan fingerprint density at radius 3 is 2.57 bits per heavy atom. The highest BCUT2D eigenvalue weighted by atomic mass is 32.2. The highest BCUT2D eigenvalue weighted by Crippen LogP contribution is 2.29. The van der Waals surface area contributed by atoms with Crippen molar-refractivity contribution >= 4 is 26.3 Å². The molecule has 21 heavy (non-hydrogen) atoms. The summed E-state index contributed by atoms with van der Waals surface area (Å²) in [6.07, 6.45) is 3.17. The van der Waals surface area contributed by atoms with E-state index in [1.165, 1.54) is 6.20 Å². The van der Waals surface area contributed by atoms with Crippen LogP contribution in [0.25, 0.3) is 11.1 Å². The quantitative estimate of drug-likeness (QED) is 0.766. The lowest BCUT2D eigenvalue weighted by molar-refractivity contribution is 0.595. The maximum atomic E-state index is 12.5. The van der Waals surface area contributed by atoms with Gasteiger partial charge in [0, 0.05) is 18.0 Å². The van der Waals surface area contributed by atoms with Gasteiger partial charge < -0.3 is 10.7 Å². The number of nitrogens with two attached hydrogens (primary N) is 1. The van der Waals surface area contributed by atoms with Crippen LogP contribution in [0.5, 0.6) is 0 Å². The summed E-state index contributed by atoms with van der Waals surface area (Å²) in [5, 5.41) is 8.05. The van der Waals surface area contributed by atoms with Gasteiger partial charge in [-0.25, -0.2) is 8.42 Å². The van der Waals surface area contributed by atoms with Crippen LogP contribution >= 0.6 is 11.3 Å². The van der Waals surface area contributed by atoms with Crippen molar-refractivity contribution < 1.29 is 8.42 Å². The predicted molar refractivity (Wildman–Crippen MR) is 81.4 cm³/mol. The minimum Gasteiger partial charge on any atom is -0.374 e. The smallest absolute Gasteiger partial charge is 0.203 e. The molecule has 0 spiro atoms. The second kappa shape index (κ2) is 5.30. The van der Waals surface area contributed by atoms with E-state index in [0.29, 0.717) is 10.6 Å². The maximum absolute atomic E-state index is 12.5. The zero-order chi connectivity index (χ0) is 14.9. The molecule has 0 bridgehead atoms. The summed E-state index contributed by atoms with van der Waals surface area (Å²) in [5.41, 5.74) is 6.97. The summed E-state index contributed by atoms with van der Waals surface area (Å²) in [7, 11) is -3.51. The number of hydrogen-bond donors (Lipinski definition) is 2. The third-order valence-electron chi connectivity index (χ3n) is 2.92. The molecule has 0 atom stereocenters. The molecular weight excluding hydrogens is 308 g/mol. The van der Waals surface area contributed by atoms with Crippen LogP contribution < -0.4 is 5.73 Å². The molecule has 2 aromatic heterocycles. The molecule has 0 unspecified atom stereocenters. The number of sulfone groups is 1. The number of anilines is 1. The molecule has 6 nitrogen and oxygen atoms in total. The van der Waals surface area contributed by atoms with Crippen molar-refractivity contribution in [2.75, 3.05) is 5.73 Å². The molecule has 3 N–H and O–H groups in total. The molecule has 3 aromatic rings. The molecule has 0 saturated carbocycles. The van der Waals surface area contributed by atoms with E-state index < -0.39 is 9.84 Å². The molecule has 108 valence electrons. The average molecular weight is 320 g/mol. The van der Waals surface area contributed by atoms with Gasteiger partial charge in [0.25, 0.3) is 0 Å². The molecule has 0 saturated heterocycles. The standard InChI is InChI=1S/C13H12N4O2S2/c14-13-17-16-12(20-13)8-21(18,19)11-7-15-6-10(11)9-4-2-1-3-5-9/h1-7,15H,8H2,(H2,14,17). The Balaban J connectivity index is 1.99. The second-order valence-corrected chi connectivity index (χ2v) is 7.44. The molecule has 0 fully saturated rings. The first-order chi connectivity index (χ1) is 10.1. The van der Waals surface area contributed by atoms with Crippen molar-refractivity contribution in [3.05, 3.63) is 47.7 Å². The number of aromatic nitrogens is 3. The summed E-state index contributed by atoms with van der Waals surface area (Å²) in [6, 6.07) is 9.35. The molecule has 1 aromatic carbocycles. The van der Waals surface area contributed by atoms with Gasteiger partial charge in [0.05, 0.1) is 4.90 Å². The van der Waals surface area contributed by atoms with Gasteiger partial charge in [-0.05, 0) is 5.56 Å². The number of aromatic amines is 1. The summed E-state index contributed by atoms with van der Waals surface area (Å²) >= 11 is 1.08. The first kappa shape index (κ1) is 13.8. The Morgan fingerprint density at radius 2 is 1.90 bits per heavy atom. The van der Waals surface area contributed by atoms with Crippen LogP contribution in [0.15, 0.2) is 47.6 Å². The lowest BCUT2D eigenvalue weighted by Crippen LogP contribution is -2.05. The Hall–Kier alpha value is -2.19. The predicted octanol–water partition coefficient (Wildman–Crippen LogP) is 2.09. The van der Waals surface area contributed by atoms with Crippen LogP contribution in [0.4, 0.5) is 5.13 Å². The van der Waals surface area contributed by atoms with Crippen molar-refractivity contribution in [1.82, 2.24) is 15.2 Å². The number of nitrogens with one attached hydrogen (secondary N) is 1. The normalized spacial score (nSPS) is 11.6. The first-order valence-electron chi connectivity index (χ1n) is 6.09. The van der Waals surface area contributed by atoms with Gasteiger partial charge in [0.15, 0.2) is 9.84 Å². The lowest BCUT2D eigenvalue weighted by atomic mass is 10.1. The van der Waals surface area contributed by atoms with Gasteiger partial charge in [-0.15, -0.1) is 10.2 Å². The van der Waals surface area contributed by atoms with Crippen molar-refractivity contribution in [1.29, 1.82) is 0 Å². The van der Waals surface area contributed by atoms with Gasteiger partial charge >= 0.3 is 0 Å². The van der Waals surface area contributed by atoms with E-state index in [4.69, 9.17) is 5.73 Å². The second-order valence-electron chi connectivity index (χ2n) is 4.39. The molecule has 0 aliphatic heterocycles. The fourth-order valence-corrected chi connectivity index (χ4v) is 4.42.